The summed E-state index contributed by atoms with van der Waals surface area (Å²) in [6.45, 7) is 8.76. The number of rotatable bonds is 8. The van der Waals surface area contributed by atoms with Crippen LogP contribution < -0.4 is 16.6 Å². The van der Waals surface area contributed by atoms with E-state index in [0.29, 0.717) is 24.7 Å². The molecule has 2 aromatic carbocycles. The molecule has 0 aliphatic carbocycles. The van der Waals surface area contributed by atoms with Crippen LogP contribution in [0.15, 0.2) is 30.3 Å². The molecule has 2 aromatic rings. The maximum atomic E-state index is 12.3. The van der Waals surface area contributed by atoms with Crippen molar-refractivity contribution in [2.24, 2.45) is 5.84 Å². The molecule has 4 N–H and O–H groups in total. The van der Waals surface area contributed by atoms with E-state index in [2.05, 4.69) is 6.07 Å². The molecule has 0 aliphatic rings. The first-order valence-corrected chi connectivity index (χ1v) is 10.1. The zero-order chi connectivity index (χ0) is 20.8. The number of nitrogens with two attached hydrogens (primary N) is 2. The average Bonchev–Trinajstić information content (AvgIpc) is 2.68. The highest BCUT2D eigenvalue weighted by Crippen LogP contribution is 2.37. The largest absolute Gasteiger partial charge is 0.466 e. The predicted molar refractivity (Wildman–Crippen MR) is 117 cm³/mol. The number of carbonyl (C=O) groups is 1. The molecule has 152 valence electrons. The van der Waals surface area contributed by atoms with Gasteiger partial charge in [0.05, 0.1) is 24.4 Å². The third-order valence-corrected chi connectivity index (χ3v) is 5.44. The van der Waals surface area contributed by atoms with E-state index in [1.165, 1.54) is 0 Å². The zero-order valence-electron chi connectivity index (χ0n) is 17.1. The van der Waals surface area contributed by atoms with Crippen LogP contribution in [-0.2, 0) is 15.4 Å². The van der Waals surface area contributed by atoms with Gasteiger partial charge in [-0.15, -0.1) is 11.6 Å². The molecule has 5 nitrogen and oxygen atoms in total. The van der Waals surface area contributed by atoms with Crippen molar-refractivity contribution in [1.29, 1.82) is 0 Å². The number of carbonyl (C=O) groups excluding carboxylic acids is 1. The number of benzene rings is 2. The van der Waals surface area contributed by atoms with Gasteiger partial charge < -0.3 is 15.5 Å². The van der Waals surface area contributed by atoms with Crippen molar-refractivity contribution in [2.75, 3.05) is 23.9 Å². The van der Waals surface area contributed by atoms with Gasteiger partial charge in [-0.1, -0.05) is 24.3 Å². The van der Waals surface area contributed by atoms with Crippen LogP contribution in [-0.4, -0.2) is 19.1 Å². The lowest BCUT2D eigenvalue weighted by Gasteiger charge is -2.25. The number of esters is 1. The Balaban J connectivity index is 2.56. The lowest BCUT2D eigenvalue weighted by molar-refractivity contribution is -0.143. The summed E-state index contributed by atoms with van der Waals surface area (Å²) in [5, 5.41) is 1.62. The minimum Gasteiger partial charge on any atom is -0.466 e. The van der Waals surface area contributed by atoms with E-state index in [9.17, 15) is 4.79 Å². The number of nitrogen functional groups attached to an aromatic ring is 1. The van der Waals surface area contributed by atoms with Crippen LogP contribution in [0.5, 0.6) is 0 Å². The lowest BCUT2D eigenvalue weighted by Crippen LogP contribution is -2.31. The molecule has 28 heavy (non-hydrogen) atoms. The number of hydrogen-bond acceptors (Lipinski definition) is 5. The molecule has 0 heterocycles. The van der Waals surface area contributed by atoms with Gasteiger partial charge in [0.15, 0.2) is 0 Å². The van der Waals surface area contributed by atoms with Crippen LogP contribution >= 0.6 is 11.6 Å². The molecular weight excluding hydrogens is 374 g/mol. The molecule has 0 spiro atoms. The fourth-order valence-electron chi connectivity index (χ4n) is 3.38. The maximum Gasteiger partial charge on any atom is 0.306 e. The normalized spacial score (nSPS) is 11.9. The van der Waals surface area contributed by atoms with Gasteiger partial charge in [0.25, 0.3) is 0 Å². The van der Waals surface area contributed by atoms with Crippen molar-refractivity contribution >= 4 is 28.9 Å². The van der Waals surface area contributed by atoms with Gasteiger partial charge in [-0.25, -0.2) is 5.84 Å². The average molecular weight is 404 g/mol. The number of hydrazine groups is 1. The summed E-state index contributed by atoms with van der Waals surface area (Å²) in [4.78, 5) is 12.3. The highest BCUT2D eigenvalue weighted by Gasteiger charge is 2.23. The van der Waals surface area contributed by atoms with Gasteiger partial charge in [0.1, 0.15) is 0 Å². The number of alkyl halides is 1. The summed E-state index contributed by atoms with van der Waals surface area (Å²) in [6, 6.07) is 10.1. The molecule has 0 aromatic heterocycles. The number of hydrogen-bond donors (Lipinski definition) is 2. The molecule has 1 unspecified atom stereocenters. The van der Waals surface area contributed by atoms with E-state index in [4.69, 9.17) is 27.9 Å². The Morgan fingerprint density at radius 2 is 1.93 bits per heavy atom. The summed E-state index contributed by atoms with van der Waals surface area (Å²) in [5.74, 6) is 6.05. The summed E-state index contributed by atoms with van der Waals surface area (Å²) >= 11 is 6.11. The SMILES string of the molecule is CCOC(=O)CC(c1ccc(C)c(CCl)c1)c1ccc(N(N)CC)c(N)c1C. The van der Waals surface area contributed by atoms with Gasteiger partial charge in [-0.2, -0.15) is 0 Å². The van der Waals surface area contributed by atoms with Gasteiger partial charge in [0, 0.05) is 18.3 Å². The summed E-state index contributed by atoms with van der Waals surface area (Å²) in [7, 11) is 0. The van der Waals surface area contributed by atoms with Gasteiger partial charge in [-0.05, 0) is 61.6 Å². The van der Waals surface area contributed by atoms with Crippen molar-refractivity contribution in [3.63, 3.8) is 0 Å². The van der Waals surface area contributed by atoms with Crippen molar-refractivity contribution < 1.29 is 9.53 Å². The first kappa shape index (κ1) is 22.1. The van der Waals surface area contributed by atoms with Crippen molar-refractivity contribution in [3.8, 4) is 0 Å². The fourth-order valence-corrected chi connectivity index (χ4v) is 3.66. The number of nitrogens with zero attached hydrogens (tertiary/aromatic N) is 1. The van der Waals surface area contributed by atoms with E-state index in [1.54, 1.807) is 5.01 Å². The monoisotopic (exact) mass is 403 g/mol. The van der Waals surface area contributed by atoms with Gasteiger partial charge in [0.2, 0.25) is 0 Å². The number of ether oxygens (including phenoxy) is 1. The molecule has 2 rings (SSSR count). The third-order valence-electron chi connectivity index (χ3n) is 5.15. The lowest BCUT2D eigenvalue weighted by atomic mass is 9.84. The van der Waals surface area contributed by atoms with Crippen molar-refractivity contribution in [1.82, 2.24) is 0 Å². The van der Waals surface area contributed by atoms with Crippen LogP contribution in [0, 0.1) is 13.8 Å². The molecule has 0 amide bonds. The molecule has 0 bridgehead atoms. The van der Waals surface area contributed by atoms with Crippen LogP contribution in [0.2, 0.25) is 0 Å². The first-order valence-electron chi connectivity index (χ1n) is 9.56. The van der Waals surface area contributed by atoms with Crippen LogP contribution in [0.1, 0.15) is 54.0 Å². The smallest absolute Gasteiger partial charge is 0.306 e. The number of halogens is 1. The minimum atomic E-state index is -0.239. The molecular formula is C22H30ClN3O2. The van der Waals surface area contributed by atoms with Crippen LogP contribution in [0.3, 0.4) is 0 Å². The van der Waals surface area contributed by atoms with Crippen molar-refractivity contribution in [3.05, 3.63) is 58.1 Å². The van der Waals surface area contributed by atoms with E-state index < -0.39 is 0 Å². The predicted octanol–water partition coefficient (Wildman–Crippen LogP) is 4.41. The summed E-state index contributed by atoms with van der Waals surface area (Å²) in [6.07, 6.45) is 0.234. The standard InChI is InChI=1S/C22H30ClN3O2/c1-5-26(25)20-10-9-18(15(4)22(20)24)19(12-21(27)28-6-2)16-8-7-14(3)17(11-16)13-23/h7-11,19H,5-6,12-13,24-25H2,1-4H3. The quantitative estimate of drug-likeness (QED) is 0.224. The number of anilines is 2. The maximum absolute atomic E-state index is 12.3. The third kappa shape index (κ3) is 4.78. The highest BCUT2D eigenvalue weighted by atomic mass is 35.5. The van der Waals surface area contributed by atoms with E-state index in [1.807, 2.05) is 52.0 Å². The molecule has 0 radical (unpaired) electrons. The van der Waals surface area contributed by atoms with Crippen molar-refractivity contribution in [2.45, 2.75) is 45.9 Å². The van der Waals surface area contributed by atoms with E-state index >= 15 is 0 Å². The Labute approximate surface area is 172 Å². The first-order chi connectivity index (χ1) is 13.3. The summed E-state index contributed by atoms with van der Waals surface area (Å²) in [5.41, 5.74) is 12.9. The topological polar surface area (TPSA) is 81.6 Å². The minimum absolute atomic E-state index is 0.175. The Kier molecular flexibility index (Phi) is 7.72. The van der Waals surface area contributed by atoms with E-state index in [0.717, 1.165) is 33.5 Å². The molecule has 0 aliphatic heterocycles. The molecule has 1 atom stereocenters. The highest BCUT2D eigenvalue weighted by molar-refractivity contribution is 6.17. The van der Waals surface area contributed by atoms with E-state index in [-0.39, 0.29) is 18.3 Å². The molecule has 6 heteroatoms. The number of aryl methyl sites for hydroxylation is 1. The Morgan fingerprint density at radius 1 is 1.21 bits per heavy atom. The van der Waals surface area contributed by atoms with Gasteiger partial charge in [-0.3, -0.25) is 4.79 Å². The fraction of sp³-hybridized carbons (Fsp3) is 0.409. The zero-order valence-corrected chi connectivity index (χ0v) is 17.8. The van der Waals surface area contributed by atoms with Crippen LogP contribution in [0.25, 0.3) is 0 Å². The Bertz CT molecular complexity index is 839. The molecule has 0 fully saturated rings. The summed E-state index contributed by atoms with van der Waals surface area (Å²) < 4.78 is 5.22. The second-order valence-electron chi connectivity index (χ2n) is 6.88. The van der Waals surface area contributed by atoms with Gasteiger partial charge >= 0.3 is 5.97 Å². The second-order valence-corrected chi connectivity index (χ2v) is 7.15. The van der Waals surface area contributed by atoms with Crippen LogP contribution in [0.4, 0.5) is 11.4 Å². The Morgan fingerprint density at radius 3 is 2.54 bits per heavy atom. The Hall–Kier alpha value is -2.24. The molecule has 0 saturated heterocycles. The second kappa shape index (κ2) is 9.80. The molecule has 0 saturated carbocycles.